The van der Waals surface area contributed by atoms with Gasteiger partial charge in [0.1, 0.15) is 27.4 Å². The number of phenolic OH excluding ortho intramolecular Hbond substituents is 1. The summed E-state index contributed by atoms with van der Waals surface area (Å²) in [4.78, 5) is 0. The topological polar surface area (TPSA) is 47.9 Å². The Labute approximate surface area is 122 Å². The van der Waals surface area contributed by atoms with Crippen molar-refractivity contribution in [1.82, 2.24) is 0 Å². The highest BCUT2D eigenvalue weighted by Gasteiger charge is 2.07. The van der Waals surface area contributed by atoms with Crippen molar-refractivity contribution in [2.24, 2.45) is 0 Å². The third-order valence-corrected chi connectivity index (χ3v) is 2.73. The summed E-state index contributed by atoms with van der Waals surface area (Å²) in [7, 11) is 1.85. The molecule has 4 nitrogen and oxygen atoms in total. The second-order valence-electron chi connectivity index (χ2n) is 5.06. The highest BCUT2D eigenvalue weighted by molar-refractivity contribution is 6.83. The molecular formula is C15H24O4Si. The number of hydrogen-bond donors (Lipinski definition) is 1. The lowest BCUT2D eigenvalue weighted by molar-refractivity contribution is -0.107. The van der Waals surface area contributed by atoms with Gasteiger partial charge in [-0.1, -0.05) is 25.6 Å². The molecule has 0 aliphatic carbocycles. The lowest BCUT2D eigenvalue weighted by atomic mass is 10.2. The zero-order valence-corrected chi connectivity index (χ0v) is 13.9. The SMILES string of the molecule is COCOCOC.C[Si](C)(C)C#Cc1ccc(O)cc1. The molecule has 1 N–H and O–H groups in total. The Bertz CT molecular complexity index is 408. The average molecular weight is 296 g/mol. The molecule has 0 unspecified atom stereocenters. The summed E-state index contributed by atoms with van der Waals surface area (Å²) in [5.41, 5.74) is 4.24. The van der Waals surface area contributed by atoms with Crippen molar-refractivity contribution in [3.63, 3.8) is 0 Å². The highest BCUT2D eigenvalue weighted by Crippen LogP contribution is 2.08. The summed E-state index contributed by atoms with van der Waals surface area (Å²) in [6.07, 6.45) is 0. The van der Waals surface area contributed by atoms with Crippen LogP contribution in [-0.4, -0.2) is 41.0 Å². The van der Waals surface area contributed by atoms with E-state index in [-0.39, 0.29) is 0 Å². The predicted octanol–water partition coefficient (Wildman–Crippen LogP) is 2.83. The average Bonchev–Trinajstić information content (AvgIpc) is 2.39. The first kappa shape index (κ1) is 18.7. The van der Waals surface area contributed by atoms with Gasteiger partial charge in [0.05, 0.1) is 0 Å². The van der Waals surface area contributed by atoms with Crippen LogP contribution in [-0.2, 0) is 14.2 Å². The molecule has 0 saturated heterocycles. The maximum atomic E-state index is 9.05. The lowest BCUT2D eigenvalue weighted by Gasteiger charge is -2.03. The van der Waals surface area contributed by atoms with Gasteiger partial charge in [-0.2, -0.15) is 0 Å². The van der Waals surface area contributed by atoms with Gasteiger partial charge in [-0.25, -0.2) is 0 Å². The Morgan fingerprint density at radius 2 is 1.50 bits per heavy atom. The zero-order chi connectivity index (χ0) is 15.4. The normalized spacial score (nSPS) is 10.1. The van der Waals surface area contributed by atoms with E-state index in [1.807, 2.05) is 12.1 Å². The summed E-state index contributed by atoms with van der Waals surface area (Å²) in [6.45, 7) is 7.23. The molecule has 0 amide bonds. The van der Waals surface area contributed by atoms with Gasteiger partial charge in [-0.15, -0.1) is 5.54 Å². The standard InChI is InChI=1S/C11H14OSi.C4H10O3/c1-13(2,3)9-8-10-4-6-11(12)7-5-10;1-5-3-7-4-6-2/h4-7,12H,1-3H3;3-4H2,1-2H3. The van der Waals surface area contributed by atoms with Crippen molar-refractivity contribution in [3.05, 3.63) is 29.8 Å². The van der Waals surface area contributed by atoms with Crippen molar-refractivity contribution in [3.8, 4) is 17.2 Å². The first-order valence-corrected chi connectivity index (χ1v) is 9.77. The van der Waals surface area contributed by atoms with E-state index in [1.54, 1.807) is 26.4 Å². The van der Waals surface area contributed by atoms with Gasteiger partial charge >= 0.3 is 0 Å². The van der Waals surface area contributed by atoms with Crippen LogP contribution in [0, 0.1) is 11.5 Å². The highest BCUT2D eigenvalue weighted by atomic mass is 28.3. The number of hydrogen-bond acceptors (Lipinski definition) is 4. The fourth-order valence-corrected chi connectivity index (χ4v) is 1.52. The Hall–Kier alpha value is -1.32. The van der Waals surface area contributed by atoms with E-state index in [9.17, 15) is 0 Å². The van der Waals surface area contributed by atoms with Crippen molar-refractivity contribution >= 4 is 8.07 Å². The molecule has 0 aliphatic heterocycles. The summed E-state index contributed by atoms with van der Waals surface area (Å²) in [5.74, 6) is 3.40. The minimum atomic E-state index is -1.28. The van der Waals surface area contributed by atoms with Gasteiger partial charge in [0, 0.05) is 19.8 Å². The summed E-state index contributed by atoms with van der Waals surface area (Å²) >= 11 is 0. The van der Waals surface area contributed by atoms with Crippen LogP contribution in [0.5, 0.6) is 5.75 Å². The van der Waals surface area contributed by atoms with Crippen LogP contribution in [0.15, 0.2) is 24.3 Å². The molecule has 0 spiro atoms. The minimum absolute atomic E-state index is 0.290. The fourth-order valence-electron chi connectivity index (χ4n) is 1.01. The molecule has 5 heteroatoms. The van der Waals surface area contributed by atoms with Crippen LogP contribution in [0.3, 0.4) is 0 Å². The smallest absolute Gasteiger partial charge is 0.149 e. The molecule has 1 aromatic rings. The molecule has 0 saturated carbocycles. The fraction of sp³-hybridized carbons (Fsp3) is 0.467. The van der Waals surface area contributed by atoms with Crippen molar-refractivity contribution in [2.45, 2.75) is 19.6 Å². The third-order valence-electron chi connectivity index (χ3n) is 1.85. The maximum Gasteiger partial charge on any atom is 0.149 e. The van der Waals surface area contributed by atoms with E-state index < -0.39 is 8.07 Å². The molecule has 0 radical (unpaired) electrons. The number of phenols is 1. The van der Waals surface area contributed by atoms with Crippen molar-refractivity contribution in [1.29, 1.82) is 0 Å². The lowest BCUT2D eigenvalue weighted by Crippen LogP contribution is -2.16. The largest absolute Gasteiger partial charge is 0.508 e. The van der Waals surface area contributed by atoms with Gasteiger partial charge in [-0.05, 0) is 24.3 Å². The zero-order valence-electron chi connectivity index (χ0n) is 12.9. The number of rotatable bonds is 4. The molecule has 0 bridgehead atoms. The van der Waals surface area contributed by atoms with E-state index in [0.717, 1.165) is 5.56 Å². The second-order valence-corrected chi connectivity index (χ2v) is 9.81. The van der Waals surface area contributed by atoms with Gasteiger partial charge in [0.15, 0.2) is 0 Å². The van der Waals surface area contributed by atoms with Crippen molar-refractivity contribution < 1.29 is 19.3 Å². The van der Waals surface area contributed by atoms with Gasteiger partial charge < -0.3 is 19.3 Å². The first-order chi connectivity index (χ1) is 9.39. The predicted molar refractivity (Wildman–Crippen MR) is 83.2 cm³/mol. The van der Waals surface area contributed by atoms with E-state index >= 15 is 0 Å². The van der Waals surface area contributed by atoms with Gasteiger partial charge in [0.2, 0.25) is 0 Å². The Kier molecular flexibility index (Phi) is 9.77. The maximum absolute atomic E-state index is 9.05. The molecule has 1 aromatic carbocycles. The van der Waals surface area contributed by atoms with E-state index in [4.69, 9.17) is 5.11 Å². The van der Waals surface area contributed by atoms with E-state index in [1.165, 1.54) is 0 Å². The van der Waals surface area contributed by atoms with Crippen LogP contribution >= 0.6 is 0 Å². The molecule has 0 fully saturated rings. The molecule has 20 heavy (non-hydrogen) atoms. The monoisotopic (exact) mass is 296 g/mol. The van der Waals surface area contributed by atoms with Crippen LogP contribution in [0.2, 0.25) is 19.6 Å². The van der Waals surface area contributed by atoms with Crippen molar-refractivity contribution in [2.75, 3.05) is 27.8 Å². The minimum Gasteiger partial charge on any atom is -0.508 e. The van der Waals surface area contributed by atoms with Crippen LogP contribution in [0.1, 0.15) is 5.56 Å². The molecule has 1 rings (SSSR count). The number of methoxy groups -OCH3 is 2. The molecule has 0 heterocycles. The molecule has 0 atom stereocenters. The molecular weight excluding hydrogens is 272 g/mol. The quantitative estimate of drug-likeness (QED) is 0.402. The summed E-state index contributed by atoms with van der Waals surface area (Å²) in [5, 5.41) is 9.05. The Morgan fingerprint density at radius 3 is 1.90 bits per heavy atom. The summed E-state index contributed by atoms with van der Waals surface area (Å²) in [6, 6.07) is 6.99. The number of ether oxygens (including phenoxy) is 3. The Balaban J connectivity index is 0.000000441. The van der Waals surface area contributed by atoms with E-state index in [2.05, 4.69) is 45.3 Å². The van der Waals surface area contributed by atoms with Crippen LogP contribution in [0.25, 0.3) is 0 Å². The Morgan fingerprint density at radius 1 is 1.00 bits per heavy atom. The molecule has 0 aliphatic rings. The molecule has 112 valence electrons. The number of benzene rings is 1. The van der Waals surface area contributed by atoms with Crippen LogP contribution in [0.4, 0.5) is 0 Å². The van der Waals surface area contributed by atoms with Crippen LogP contribution < -0.4 is 0 Å². The van der Waals surface area contributed by atoms with E-state index in [0.29, 0.717) is 19.3 Å². The summed E-state index contributed by atoms with van der Waals surface area (Å²) < 4.78 is 13.8. The van der Waals surface area contributed by atoms with Gasteiger partial charge in [-0.3, -0.25) is 0 Å². The second kappa shape index (κ2) is 10.5. The first-order valence-electron chi connectivity index (χ1n) is 6.27. The van der Waals surface area contributed by atoms with Gasteiger partial charge in [0.25, 0.3) is 0 Å². The molecule has 0 aromatic heterocycles. The number of aromatic hydroxyl groups is 1. The third kappa shape index (κ3) is 11.7.